The Morgan fingerprint density at radius 1 is 1.61 bits per heavy atom. The maximum Gasteiger partial charge on any atom is 0.263 e. The molecule has 0 radical (unpaired) electrons. The highest BCUT2D eigenvalue weighted by atomic mass is 32.1. The van der Waals surface area contributed by atoms with Crippen molar-refractivity contribution in [2.45, 2.75) is 39.2 Å². The Morgan fingerprint density at radius 2 is 2.44 bits per heavy atom. The molecule has 4 nitrogen and oxygen atoms in total. The van der Waals surface area contributed by atoms with Gasteiger partial charge in [0.25, 0.3) is 5.91 Å². The van der Waals surface area contributed by atoms with Crippen molar-refractivity contribution in [3.8, 4) is 0 Å². The molecule has 18 heavy (non-hydrogen) atoms. The second kappa shape index (κ2) is 6.00. The van der Waals surface area contributed by atoms with E-state index in [0.717, 1.165) is 36.6 Å². The van der Waals surface area contributed by atoms with E-state index in [0.29, 0.717) is 4.88 Å². The largest absolute Gasteiger partial charge is 0.362 e. The monoisotopic (exact) mass is 265 g/mol. The molecule has 1 unspecified atom stereocenters. The van der Waals surface area contributed by atoms with Crippen LogP contribution in [0.5, 0.6) is 0 Å². The summed E-state index contributed by atoms with van der Waals surface area (Å²) in [4.78, 5) is 17.2. The summed E-state index contributed by atoms with van der Waals surface area (Å²) in [5.74, 6) is -0.00861. The molecule has 1 aromatic heterocycles. The van der Waals surface area contributed by atoms with Crippen LogP contribution in [-0.2, 0) is 0 Å². The van der Waals surface area contributed by atoms with E-state index in [1.54, 1.807) is 0 Å². The summed E-state index contributed by atoms with van der Waals surface area (Å²) in [7, 11) is 0. The highest BCUT2D eigenvalue weighted by molar-refractivity contribution is 7.17. The van der Waals surface area contributed by atoms with Crippen molar-refractivity contribution in [1.29, 1.82) is 0 Å². The Balaban J connectivity index is 2.03. The molecule has 0 saturated heterocycles. The van der Waals surface area contributed by atoms with Gasteiger partial charge in [-0.1, -0.05) is 23.5 Å². The molecule has 1 atom stereocenters. The number of hydrogen-bond donors (Lipinski definition) is 2. The van der Waals surface area contributed by atoms with Gasteiger partial charge in [0.2, 0.25) is 0 Å². The van der Waals surface area contributed by atoms with E-state index in [4.69, 9.17) is 0 Å². The number of amides is 1. The van der Waals surface area contributed by atoms with E-state index >= 15 is 0 Å². The third-order valence-corrected chi connectivity index (χ3v) is 4.02. The molecule has 2 rings (SSSR count). The minimum atomic E-state index is -0.00861. The minimum absolute atomic E-state index is 0.00861. The van der Waals surface area contributed by atoms with E-state index in [1.165, 1.54) is 11.3 Å². The van der Waals surface area contributed by atoms with E-state index in [9.17, 15) is 4.79 Å². The molecule has 1 heterocycles. The lowest BCUT2D eigenvalue weighted by molar-refractivity contribution is 0.0945. The fourth-order valence-corrected chi connectivity index (χ4v) is 2.94. The number of aryl methyl sites for hydroxylation is 1. The third kappa shape index (κ3) is 3.10. The smallest absolute Gasteiger partial charge is 0.263 e. The van der Waals surface area contributed by atoms with E-state index in [-0.39, 0.29) is 11.9 Å². The predicted octanol–water partition coefficient (Wildman–Crippen LogP) is 2.72. The number of carbonyl (C=O) groups excluding carboxylic acids is 1. The van der Waals surface area contributed by atoms with Crippen molar-refractivity contribution < 1.29 is 4.79 Å². The normalized spacial score (nSPS) is 18.7. The van der Waals surface area contributed by atoms with Crippen molar-refractivity contribution in [3.05, 3.63) is 22.7 Å². The molecule has 1 aliphatic rings. The summed E-state index contributed by atoms with van der Waals surface area (Å²) in [6.07, 6.45) is 7.52. The van der Waals surface area contributed by atoms with Crippen molar-refractivity contribution in [2.75, 3.05) is 11.9 Å². The van der Waals surface area contributed by atoms with Crippen LogP contribution in [0.3, 0.4) is 0 Å². The lowest BCUT2D eigenvalue weighted by Gasteiger charge is -2.17. The first-order valence-corrected chi connectivity index (χ1v) is 7.21. The summed E-state index contributed by atoms with van der Waals surface area (Å²) < 4.78 is 0. The first kappa shape index (κ1) is 13.1. The van der Waals surface area contributed by atoms with E-state index in [2.05, 4.69) is 27.8 Å². The van der Waals surface area contributed by atoms with Crippen LogP contribution in [0.2, 0.25) is 0 Å². The zero-order valence-corrected chi connectivity index (χ0v) is 11.6. The number of aromatic nitrogens is 1. The fourth-order valence-electron chi connectivity index (χ4n) is 2.00. The number of carbonyl (C=O) groups is 1. The molecule has 0 aromatic carbocycles. The van der Waals surface area contributed by atoms with Crippen LogP contribution in [-0.4, -0.2) is 23.5 Å². The van der Waals surface area contributed by atoms with Gasteiger partial charge in [0.1, 0.15) is 4.88 Å². The summed E-state index contributed by atoms with van der Waals surface area (Å²) in [6, 6.07) is 0.176. The van der Waals surface area contributed by atoms with Gasteiger partial charge in [0.05, 0.1) is 5.69 Å². The second-order valence-corrected chi connectivity index (χ2v) is 5.40. The molecule has 0 bridgehead atoms. The molecule has 0 saturated carbocycles. The van der Waals surface area contributed by atoms with Gasteiger partial charge < -0.3 is 10.6 Å². The number of rotatable bonds is 4. The standard InChI is InChI=1S/C13H19N3OS/c1-3-14-13-15-9(2)11(18-13)12(17)16-10-7-5-4-6-8-10/h5,7,10H,3-4,6,8H2,1-2H3,(H,14,15)(H,16,17). The lowest BCUT2D eigenvalue weighted by atomic mass is 10.0. The van der Waals surface area contributed by atoms with Crippen LogP contribution >= 0.6 is 11.3 Å². The third-order valence-electron chi connectivity index (χ3n) is 2.90. The van der Waals surface area contributed by atoms with Gasteiger partial charge in [0.15, 0.2) is 5.13 Å². The van der Waals surface area contributed by atoms with Crippen LogP contribution in [0.25, 0.3) is 0 Å². The topological polar surface area (TPSA) is 54.0 Å². The number of allylic oxidation sites excluding steroid dienone is 1. The molecular formula is C13H19N3OS. The maximum atomic E-state index is 12.1. The molecule has 0 fully saturated rings. The van der Waals surface area contributed by atoms with Gasteiger partial charge >= 0.3 is 0 Å². The van der Waals surface area contributed by atoms with E-state index in [1.807, 2.05) is 13.8 Å². The molecule has 0 spiro atoms. The number of anilines is 1. The Kier molecular flexibility index (Phi) is 4.36. The van der Waals surface area contributed by atoms with Crippen molar-refractivity contribution in [3.63, 3.8) is 0 Å². The van der Waals surface area contributed by atoms with Crippen LogP contribution in [0.1, 0.15) is 41.6 Å². The van der Waals surface area contributed by atoms with Crippen LogP contribution in [0.15, 0.2) is 12.2 Å². The molecule has 1 amide bonds. The molecular weight excluding hydrogens is 246 g/mol. The highest BCUT2D eigenvalue weighted by Crippen LogP contribution is 2.22. The second-order valence-electron chi connectivity index (χ2n) is 4.40. The van der Waals surface area contributed by atoms with Gasteiger partial charge in [-0.25, -0.2) is 4.98 Å². The minimum Gasteiger partial charge on any atom is -0.362 e. The van der Waals surface area contributed by atoms with E-state index < -0.39 is 0 Å². The van der Waals surface area contributed by atoms with Gasteiger partial charge in [-0.15, -0.1) is 0 Å². The average Bonchev–Trinajstić information content (AvgIpc) is 2.72. The van der Waals surface area contributed by atoms with Crippen molar-refractivity contribution in [2.24, 2.45) is 0 Å². The predicted molar refractivity (Wildman–Crippen MR) is 75.3 cm³/mol. The Hall–Kier alpha value is -1.36. The Bertz CT molecular complexity index is 453. The molecule has 5 heteroatoms. The van der Waals surface area contributed by atoms with Crippen LogP contribution in [0, 0.1) is 6.92 Å². The van der Waals surface area contributed by atoms with Crippen molar-refractivity contribution >= 4 is 22.4 Å². The average molecular weight is 265 g/mol. The van der Waals surface area contributed by atoms with Gasteiger partial charge in [-0.05, 0) is 33.1 Å². The number of nitrogens with zero attached hydrogens (tertiary/aromatic N) is 1. The summed E-state index contributed by atoms with van der Waals surface area (Å²) >= 11 is 1.42. The number of nitrogens with one attached hydrogen (secondary N) is 2. The summed E-state index contributed by atoms with van der Waals surface area (Å²) in [5.41, 5.74) is 0.799. The summed E-state index contributed by atoms with van der Waals surface area (Å²) in [5, 5.41) is 7.01. The zero-order valence-electron chi connectivity index (χ0n) is 10.8. The molecule has 1 aliphatic carbocycles. The van der Waals surface area contributed by atoms with Crippen LogP contribution in [0.4, 0.5) is 5.13 Å². The first-order chi connectivity index (χ1) is 8.70. The number of thiazole rings is 1. The highest BCUT2D eigenvalue weighted by Gasteiger charge is 2.18. The molecule has 1 aromatic rings. The Labute approximate surface area is 112 Å². The lowest BCUT2D eigenvalue weighted by Crippen LogP contribution is -2.34. The van der Waals surface area contributed by atoms with Gasteiger partial charge in [-0.3, -0.25) is 4.79 Å². The quantitative estimate of drug-likeness (QED) is 0.823. The molecule has 2 N–H and O–H groups in total. The Morgan fingerprint density at radius 3 is 3.11 bits per heavy atom. The molecule has 0 aliphatic heterocycles. The first-order valence-electron chi connectivity index (χ1n) is 6.39. The number of hydrogen-bond acceptors (Lipinski definition) is 4. The fraction of sp³-hybridized carbons (Fsp3) is 0.538. The van der Waals surface area contributed by atoms with Gasteiger partial charge in [0, 0.05) is 12.6 Å². The van der Waals surface area contributed by atoms with Crippen molar-refractivity contribution in [1.82, 2.24) is 10.3 Å². The van der Waals surface area contributed by atoms with Crippen LogP contribution < -0.4 is 10.6 Å². The zero-order chi connectivity index (χ0) is 13.0. The van der Waals surface area contributed by atoms with Gasteiger partial charge in [-0.2, -0.15) is 0 Å². The maximum absolute atomic E-state index is 12.1. The SMILES string of the molecule is CCNc1nc(C)c(C(=O)NC2C=CCCC2)s1. The summed E-state index contributed by atoms with van der Waals surface area (Å²) in [6.45, 7) is 4.71. The molecule has 98 valence electrons.